The molecule has 4 unspecified atom stereocenters. The number of nitrogens with zero attached hydrogens (tertiary/aromatic N) is 2. The van der Waals surface area contributed by atoms with E-state index in [0.29, 0.717) is 13.0 Å². The number of ether oxygens (including phenoxy) is 2. The van der Waals surface area contributed by atoms with E-state index < -0.39 is 42.5 Å². The Morgan fingerprint density at radius 1 is 1.29 bits per heavy atom. The summed E-state index contributed by atoms with van der Waals surface area (Å²) in [6.45, 7) is -0.0686. The van der Waals surface area contributed by atoms with Crippen molar-refractivity contribution in [2.75, 3.05) is 26.8 Å². The van der Waals surface area contributed by atoms with Crippen molar-refractivity contribution in [3.05, 3.63) is 31.4 Å². The first-order valence-corrected chi connectivity index (χ1v) is 10.1. The summed E-state index contributed by atoms with van der Waals surface area (Å²) in [5.74, 6) is -0.167. The van der Waals surface area contributed by atoms with Crippen LogP contribution in [0, 0.1) is 5.92 Å². The Kier molecular flexibility index (Phi) is 5.73. The summed E-state index contributed by atoms with van der Waals surface area (Å²) in [5, 5.41) is 0.323. The Morgan fingerprint density at radius 3 is 2.61 bits per heavy atom. The molecule has 8 nitrogen and oxygen atoms in total. The highest BCUT2D eigenvalue weighted by Gasteiger charge is 2.41. The number of H-pyrrole nitrogens is 1. The second-order valence-corrected chi connectivity index (χ2v) is 8.21. The summed E-state index contributed by atoms with van der Waals surface area (Å²) in [5.41, 5.74) is 4.63. The topological polar surface area (TPSA) is 103 Å². The van der Waals surface area contributed by atoms with Gasteiger partial charge in [-0.3, -0.25) is 24.0 Å². The van der Waals surface area contributed by atoms with E-state index in [2.05, 4.69) is 9.72 Å². The molecule has 1 saturated heterocycles. The lowest BCUT2D eigenvalue weighted by atomic mass is 9.99. The van der Waals surface area contributed by atoms with E-state index in [1.807, 2.05) is 0 Å². The van der Waals surface area contributed by atoms with Crippen LogP contribution in [-0.4, -0.2) is 65.9 Å². The smallest absolute Gasteiger partial charge is 0.497 e. The molecule has 2 fully saturated rings. The van der Waals surface area contributed by atoms with Crippen molar-refractivity contribution in [3.63, 3.8) is 0 Å². The Morgan fingerprint density at radius 2 is 2.00 bits per heavy atom. The number of hydrogen-bond acceptors (Lipinski definition) is 6. The summed E-state index contributed by atoms with van der Waals surface area (Å²) in [6, 6.07) is -1.87. The molecule has 0 spiro atoms. The zero-order valence-corrected chi connectivity index (χ0v) is 16.8. The van der Waals surface area contributed by atoms with Crippen LogP contribution in [0.5, 0.6) is 0 Å². The van der Waals surface area contributed by atoms with Gasteiger partial charge in [-0.25, -0.2) is 9.18 Å². The number of alkyl halides is 4. The van der Waals surface area contributed by atoms with E-state index in [-0.39, 0.29) is 34.8 Å². The molecule has 0 radical (unpaired) electrons. The largest absolute Gasteiger partial charge is 0.522 e. The van der Waals surface area contributed by atoms with Crippen molar-refractivity contribution in [1.29, 1.82) is 0 Å². The molecule has 4 rings (SSSR count). The number of hydrogen-bond donors (Lipinski definition) is 2. The molecule has 0 aromatic carbocycles. The van der Waals surface area contributed by atoms with Crippen molar-refractivity contribution in [2.24, 2.45) is 11.7 Å². The van der Waals surface area contributed by atoms with E-state index in [9.17, 15) is 22.8 Å². The fraction of sp³-hybridized carbons (Fsp3) is 0.684. The fourth-order valence-corrected chi connectivity index (χ4v) is 4.51. The van der Waals surface area contributed by atoms with Crippen LogP contribution < -0.4 is 27.6 Å². The third-order valence-electron chi connectivity index (χ3n) is 6.14. The average molecular weight is 448 g/mol. The van der Waals surface area contributed by atoms with Gasteiger partial charge in [-0.15, -0.1) is 13.2 Å². The standard InChI is InChI=1S/C19H24F4N4O4/c1-30-16-14-11(17(28)25-18(29)27(14)10-2-3-10)6-12(20)15(16)26-5-4-9(7-26)13(24)8-31-19(21,22)23/h6,9-10,12-13,15H,2-5,7-8,24H2,1H3,(H,25,28,29). The third kappa shape index (κ3) is 4.28. The van der Waals surface area contributed by atoms with Crippen LogP contribution in [-0.2, 0) is 9.47 Å². The summed E-state index contributed by atoms with van der Waals surface area (Å²) < 4.78 is 63.0. The van der Waals surface area contributed by atoms with Crippen LogP contribution >= 0.6 is 0 Å². The quantitative estimate of drug-likeness (QED) is 0.559. The van der Waals surface area contributed by atoms with Gasteiger partial charge >= 0.3 is 12.1 Å². The highest BCUT2D eigenvalue weighted by Crippen LogP contribution is 2.33. The second-order valence-electron chi connectivity index (χ2n) is 8.21. The minimum atomic E-state index is -4.77. The van der Waals surface area contributed by atoms with Crippen LogP contribution in [0.1, 0.15) is 25.3 Å². The van der Waals surface area contributed by atoms with E-state index in [1.54, 1.807) is 4.90 Å². The second kappa shape index (κ2) is 8.06. The van der Waals surface area contributed by atoms with Crippen molar-refractivity contribution in [1.82, 2.24) is 14.5 Å². The van der Waals surface area contributed by atoms with Crippen LogP contribution in [0.2, 0.25) is 0 Å². The van der Waals surface area contributed by atoms with Gasteiger partial charge in [0.1, 0.15) is 18.0 Å². The molecular weight excluding hydrogens is 424 g/mol. The highest BCUT2D eigenvalue weighted by atomic mass is 19.4. The molecular formula is C19H24F4N4O4. The average Bonchev–Trinajstić information content (AvgIpc) is 3.40. The highest BCUT2D eigenvalue weighted by molar-refractivity contribution is 5.53. The zero-order chi connectivity index (χ0) is 22.5. The first kappa shape index (κ1) is 22.0. The van der Waals surface area contributed by atoms with Gasteiger partial charge < -0.3 is 10.5 Å². The van der Waals surface area contributed by atoms with Crippen LogP contribution in [0.3, 0.4) is 0 Å². The van der Waals surface area contributed by atoms with Crippen LogP contribution in [0.25, 0.3) is 11.8 Å². The molecule has 2 heterocycles. The lowest BCUT2D eigenvalue weighted by Gasteiger charge is -2.33. The molecule has 172 valence electrons. The zero-order valence-electron chi connectivity index (χ0n) is 16.8. The van der Waals surface area contributed by atoms with Gasteiger partial charge in [-0.2, -0.15) is 0 Å². The van der Waals surface area contributed by atoms with Gasteiger partial charge in [-0.1, -0.05) is 0 Å². The predicted molar refractivity (Wildman–Crippen MR) is 102 cm³/mol. The van der Waals surface area contributed by atoms with Crippen molar-refractivity contribution in [2.45, 2.75) is 49.9 Å². The molecule has 1 aliphatic heterocycles. The molecule has 0 amide bonds. The van der Waals surface area contributed by atoms with E-state index in [4.69, 9.17) is 10.5 Å². The Labute approximate surface area is 173 Å². The van der Waals surface area contributed by atoms with E-state index in [0.717, 1.165) is 12.8 Å². The molecule has 4 atom stereocenters. The SMILES string of the molecule is COC1=c2c(c(=O)[nH]c(=O)n2C2CC2)=CC(F)C1N1CCC(C(N)COC(F)(F)F)C1. The summed E-state index contributed by atoms with van der Waals surface area (Å²) in [4.78, 5) is 28.8. The molecule has 1 saturated carbocycles. The first-order valence-electron chi connectivity index (χ1n) is 10.1. The first-order chi connectivity index (χ1) is 14.6. The number of nitrogens with one attached hydrogen (secondary N) is 1. The molecule has 1 aromatic rings. The molecule has 1 aromatic heterocycles. The van der Waals surface area contributed by atoms with Gasteiger partial charge in [0.05, 0.1) is 24.3 Å². The van der Waals surface area contributed by atoms with Crippen LogP contribution in [0.4, 0.5) is 17.6 Å². The monoisotopic (exact) mass is 448 g/mol. The number of halogens is 4. The fourth-order valence-electron chi connectivity index (χ4n) is 4.51. The Hall–Kier alpha value is -2.18. The van der Waals surface area contributed by atoms with Gasteiger partial charge in [0.2, 0.25) is 0 Å². The van der Waals surface area contributed by atoms with Gasteiger partial charge in [0.15, 0.2) is 0 Å². The predicted octanol–water partition coefficient (Wildman–Crippen LogP) is -0.687. The molecule has 0 bridgehead atoms. The summed E-state index contributed by atoms with van der Waals surface area (Å²) >= 11 is 0. The lowest BCUT2D eigenvalue weighted by molar-refractivity contribution is -0.326. The Bertz CT molecular complexity index is 1080. The number of aromatic nitrogens is 2. The molecule has 2 aliphatic carbocycles. The maximum atomic E-state index is 15.2. The number of rotatable bonds is 6. The van der Waals surface area contributed by atoms with Crippen LogP contribution in [0.15, 0.2) is 9.59 Å². The number of likely N-dealkylation sites (tertiary alicyclic amines) is 1. The molecule has 3 aliphatic rings. The van der Waals surface area contributed by atoms with Gasteiger partial charge in [-0.05, 0) is 37.8 Å². The van der Waals surface area contributed by atoms with E-state index in [1.165, 1.54) is 17.8 Å². The van der Waals surface area contributed by atoms with Crippen molar-refractivity contribution >= 4 is 11.8 Å². The molecule has 31 heavy (non-hydrogen) atoms. The minimum absolute atomic E-state index is 0.0538. The maximum Gasteiger partial charge on any atom is 0.522 e. The molecule has 12 heteroatoms. The number of aromatic amines is 1. The summed E-state index contributed by atoms with van der Waals surface area (Å²) in [7, 11) is 1.35. The number of methoxy groups -OCH3 is 1. The van der Waals surface area contributed by atoms with Crippen molar-refractivity contribution in [3.8, 4) is 0 Å². The van der Waals surface area contributed by atoms with E-state index >= 15 is 4.39 Å². The Balaban J connectivity index is 1.67. The number of nitrogens with two attached hydrogens (primary N) is 1. The van der Waals surface area contributed by atoms with Gasteiger partial charge in [0, 0.05) is 18.6 Å². The summed E-state index contributed by atoms with van der Waals surface area (Å²) in [6.07, 6.45) is -3.20. The van der Waals surface area contributed by atoms with Gasteiger partial charge in [0.25, 0.3) is 5.56 Å². The normalized spacial score (nSPS) is 27.7. The third-order valence-corrected chi connectivity index (χ3v) is 6.14. The minimum Gasteiger partial charge on any atom is -0.497 e. The molecule has 3 N–H and O–H groups in total. The number of fused-ring (bicyclic) bond motifs is 1. The maximum absolute atomic E-state index is 15.2. The van der Waals surface area contributed by atoms with Crippen molar-refractivity contribution < 1.29 is 27.0 Å². The lowest BCUT2D eigenvalue weighted by Crippen LogP contribution is -2.60.